The van der Waals surface area contributed by atoms with E-state index in [1.54, 1.807) is 25.2 Å². The van der Waals surface area contributed by atoms with E-state index in [1.165, 1.54) is 16.0 Å². The number of aryl methyl sites for hydroxylation is 1. The molecule has 1 saturated carbocycles. The number of aliphatic hydroxyl groups is 1. The van der Waals surface area contributed by atoms with Crippen LogP contribution >= 0.6 is 11.6 Å². The van der Waals surface area contributed by atoms with Crippen LogP contribution in [0.1, 0.15) is 61.6 Å². The molecule has 3 fully saturated rings. The molecule has 5 atom stereocenters. The van der Waals surface area contributed by atoms with Gasteiger partial charge in [0.05, 0.1) is 44.6 Å². The van der Waals surface area contributed by atoms with Crippen LogP contribution in [0.5, 0.6) is 5.75 Å². The summed E-state index contributed by atoms with van der Waals surface area (Å²) in [6, 6.07) is 11.2. The predicted molar refractivity (Wildman–Crippen MR) is 217 cm³/mol. The minimum atomic E-state index is -4.22. The Morgan fingerprint density at radius 1 is 1.07 bits per heavy atom. The van der Waals surface area contributed by atoms with Crippen molar-refractivity contribution < 1.29 is 37.3 Å². The van der Waals surface area contributed by atoms with E-state index in [9.17, 15) is 23.1 Å². The molecule has 6 aliphatic rings. The molecule has 57 heavy (non-hydrogen) atoms. The maximum Gasteiger partial charge on any atom is 0.303 e. The number of ether oxygens (including phenoxy) is 3. The highest BCUT2D eigenvalue weighted by Gasteiger charge is 2.47. The molecule has 4 heterocycles. The van der Waals surface area contributed by atoms with E-state index in [2.05, 4.69) is 38.8 Å². The monoisotopic (exact) mass is 825 g/mol. The molecule has 13 nitrogen and oxygen atoms in total. The van der Waals surface area contributed by atoms with Crippen LogP contribution in [0, 0.1) is 11.8 Å². The molecule has 15 heteroatoms. The van der Waals surface area contributed by atoms with Gasteiger partial charge in [0.1, 0.15) is 5.75 Å². The third kappa shape index (κ3) is 8.46. The van der Waals surface area contributed by atoms with Crippen molar-refractivity contribution >= 4 is 39.3 Å². The standard InChI is InChI=1S/C42H56ClN5O8S/c1-45-15-3-2-7-37(55-23-20-46-18-21-54-22-19-46)34-11-8-31(34)27-47-28-41(14-4-6-30-24-33(43)10-12-35(30)41)29-56-38-13-9-32(25-36(38)47)42(51,26-39(45)49)40(50)44-57(52,53)48-16-5-17-48/h2,7,9-10,12-13,24-25,31,34,37,51H,3-6,8,11,14-23,26-29H2,1H3,(H,44,50)/b7-2+/t31-,34+,37-,41-,42+/m0/s1. The molecule has 2 bridgehead atoms. The summed E-state index contributed by atoms with van der Waals surface area (Å²) in [5, 5.41) is 13.1. The summed E-state index contributed by atoms with van der Waals surface area (Å²) in [5.41, 5.74) is 0.408. The Hall–Kier alpha value is -3.24. The van der Waals surface area contributed by atoms with Crippen LogP contribution in [0.3, 0.4) is 0 Å². The number of morpholine rings is 1. The Kier molecular flexibility index (Phi) is 11.9. The summed E-state index contributed by atoms with van der Waals surface area (Å²) < 4.78 is 48.6. The summed E-state index contributed by atoms with van der Waals surface area (Å²) >= 11 is 6.51. The fourth-order valence-electron chi connectivity index (χ4n) is 9.46. The second-order valence-corrected chi connectivity index (χ2v) is 18.9. The van der Waals surface area contributed by atoms with E-state index in [0.717, 1.165) is 69.3 Å². The number of hydrogen-bond donors (Lipinski definition) is 2. The van der Waals surface area contributed by atoms with Crippen molar-refractivity contribution in [1.29, 1.82) is 0 Å². The number of amides is 2. The van der Waals surface area contributed by atoms with E-state index in [1.807, 2.05) is 6.07 Å². The second-order valence-electron chi connectivity index (χ2n) is 16.8. The van der Waals surface area contributed by atoms with Gasteiger partial charge in [-0.25, -0.2) is 4.72 Å². The van der Waals surface area contributed by atoms with Gasteiger partial charge in [-0.05, 0) is 97.7 Å². The molecule has 8 rings (SSSR count). The quantitative estimate of drug-likeness (QED) is 0.398. The van der Waals surface area contributed by atoms with Crippen LogP contribution in [0.2, 0.25) is 5.02 Å². The summed E-state index contributed by atoms with van der Waals surface area (Å²) in [6.07, 6.45) is 9.56. The van der Waals surface area contributed by atoms with Gasteiger partial charge in [0.15, 0.2) is 5.60 Å². The fourth-order valence-corrected chi connectivity index (χ4v) is 10.9. The number of anilines is 1. The summed E-state index contributed by atoms with van der Waals surface area (Å²) in [5.74, 6) is -0.512. The molecule has 310 valence electrons. The molecule has 4 aliphatic heterocycles. The van der Waals surface area contributed by atoms with E-state index in [0.29, 0.717) is 62.1 Å². The van der Waals surface area contributed by atoms with Gasteiger partial charge in [0, 0.05) is 69.8 Å². The van der Waals surface area contributed by atoms with E-state index in [4.69, 9.17) is 25.8 Å². The largest absolute Gasteiger partial charge is 0.490 e. The number of fused-ring (bicyclic) bond motifs is 4. The van der Waals surface area contributed by atoms with Crippen LogP contribution in [0.25, 0.3) is 0 Å². The highest BCUT2D eigenvalue weighted by atomic mass is 35.5. The average Bonchev–Trinajstić information content (AvgIpc) is 3.30. The smallest absolute Gasteiger partial charge is 0.303 e. The predicted octanol–water partition coefficient (Wildman–Crippen LogP) is 3.62. The first-order valence-electron chi connectivity index (χ1n) is 20.6. The lowest BCUT2D eigenvalue weighted by Gasteiger charge is -2.46. The van der Waals surface area contributed by atoms with Gasteiger partial charge in [0.25, 0.3) is 5.91 Å². The number of carbonyl (C=O) groups excluding carboxylic acids is 2. The highest BCUT2D eigenvalue weighted by Crippen LogP contribution is 2.48. The first kappa shape index (κ1) is 40.5. The number of benzene rings is 2. The summed E-state index contributed by atoms with van der Waals surface area (Å²) in [4.78, 5) is 34.2. The van der Waals surface area contributed by atoms with Gasteiger partial charge in [-0.3, -0.25) is 14.5 Å². The lowest BCUT2D eigenvalue weighted by atomic mass is 9.68. The number of rotatable bonds is 7. The van der Waals surface area contributed by atoms with Crippen molar-refractivity contribution in [1.82, 2.24) is 18.8 Å². The van der Waals surface area contributed by atoms with Crippen LogP contribution in [0.15, 0.2) is 48.6 Å². The van der Waals surface area contributed by atoms with Crippen molar-refractivity contribution in [2.75, 3.05) is 90.7 Å². The van der Waals surface area contributed by atoms with Crippen LogP contribution < -0.4 is 14.4 Å². The molecular weight excluding hydrogens is 770 g/mol. The normalized spacial score (nSPS) is 30.6. The average molecular weight is 826 g/mol. The molecule has 2 amide bonds. The van der Waals surface area contributed by atoms with Crippen molar-refractivity contribution in [2.24, 2.45) is 11.8 Å². The molecular formula is C42H56ClN5O8S. The van der Waals surface area contributed by atoms with Crippen molar-refractivity contribution in [3.63, 3.8) is 0 Å². The Morgan fingerprint density at radius 3 is 2.65 bits per heavy atom. The van der Waals surface area contributed by atoms with Crippen molar-refractivity contribution in [3.8, 4) is 5.75 Å². The minimum absolute atomic E-state index is 0.0959. The third-order valence-electron chi connectivity index (χ3n) is 13.2. The molecule has 2 aromatic carbocycles. The van der Waals surface area contributed by atoms with Gasteiger partial charge in [-0.2, -0.15) is 12.7 Å². The van der Waals surface area contributed by atoms with Gasteiger partial charge in [0.2, 0.25) is 5.91 Å². The first-order valence-corrected chi connectivity index (χ1v) is 22.4. The fraction of sp³-hybridized carbons (Fsp3) is 0.619. The number of hydrogen-bond acceptors (Lipinski definition) is 10. The number of nitrogens with zero attached hydrogens (tertiary/aromatic N) is 4. The minimum Gasteiger partial charge on any atom is -0.490 e. The molecule has 2 aliphatic carbocycles. The zero-order valence-corrected chi connectivity index (χ0v) is 34.4. The number of carbonyl (C=O) groups is 2. The third-order valence-corrected chi connectivity index (χ3v) is 15.0. The molecule has 2 N–H and O–H groups in total. The topological polar surface area (TPSA) is 141 Å². The van der Waals surface area contributed by atoms with Crippen LogP contribution in [-0.4, -0.2) is 131 Å². The Balaban J connectivity index is 1.17. The molecule has 0 unspecified atom stereocenters. The SMILES string of the molecule is CN1CC/C=C/[C@H](OCCN2CCOCC2)[C@@H]2CC[C@H]2CN2C[C@@]3(CCCc4cc(Cl)ccc43)COc3ccc(cc32)[C@@](O)(C(=O)NS(=O)(=O)N2CCC2)CC1=O. The maximum absolute atomic E-state index is 14.1. The summed E-state index contributed by atoms with van der Waals surface area (Å²) in [7, 11) is -2.59. The van der Waals surface area contributed by atoms with Crippen LogP contribution in [0.4, 0.5) is 5.69 Å². The van der Waals surface area contributed by atoms with Gasteiger partial charge in [-0.15, -0.1) is 0 Å². The van der Waals surface area contributed by atoms with Gasteiger partial charge in [-0.1, -0.05) is 35.9 Å². The zero-order chi connectivity index (χ0) is 39.8. The molecule has 1 spiro atoms. The molecule has 0 aromatic heterocycles. The van der Waals surface area contributed by atoms with Gasteiger partial charge >= 0.3 is 10.2 Å². The van der Waals surface area contributed by atoms with E-state index in [-0.39, 0.29) is 42.0 Å². The Morgan fingerprint density at radius 2 is 1.89 bits per heavy atom. The second kappa shape index (κ2) is 16.8. The number of halogens is 1. The van der Waals surface area contributed by atoms with Crippen molar-refractivity contribution in [2.45, 2.75) is 68.5 Å². The number of nitrogens with one attached hydrogen (secondary N) is 1. The zero-order valence-electron chi connectivity index (χ0n) is 32.9. The maximum atomic E-state index is 14.1. The first-order chi connectivity index (χ1) is 27.4. The van der Waals surface area contributed by atoms with Crippen molar-refractivity contribution in [3.05, 3.63) is 70.3 Å². The molecule has 2 saturated heterocycles. The van der Waals surface area contributed by atoms with Gasteiger partial charge < -0.3 is 29.1 Å². The summed E-state index contributed by atoms with van der Waals surface area (Å²) in [6.45, 7) is 7.35. The van der Waals surface area contributed by atoms with E-state index >= 15 is 0 Å². The van der Waals surface area contributed by atoms with E-state index < -0.39 is 34.0 Å². The molecule has 2 aromatic rings. The molecule has 0 radical (unpaired) electrons. The lowest BCUT2D eigenvalue weighted by Crippen LogP contribution is -2.55. The van der Waals surface area contributed by atoms with Crippen LogP contribution in [-0.2, 0) is 46.7 Å². The Bertz CT molecular complexity index is 1960. The lowest BCUT2D eigenvalue weighted by molar-refractivity contribution is -0.148. The highest BCUT2D eigenvalue weighted by molar-refractivity contribution is 7.87. The Labute approximate surface area is 341 Å².